The molecule has 6 nitrogen and oxygen atoms in total. The van der Waals surface area contributed by atoms with Crippen molar-refractivity contribution >= 4 is 11.9 Å². The van der Waals surface area contributed by atoms with Crippen LogP contribution in [0.2, 0.25) is 0 Å². The zero-order valence-corrected chi connectivity index (χ0v) is 20.2. The van der Waals surface area contributed by atoms with Crippen LogP contribution in [0, 0.1) is 18.3 Å². The molecule has 0 radical (unpaired) electrons. The Labute approximate surface area is 192 Å². The minimum absolute atomic E-state index is 0.143. The van der Waals surface area contributed by atoms with Gasteiger partial charge < -0.3 is 14.8 Å². The Bertz CT molecular complexity index is 871. The molecule has 0 bridgehead atoms. The van der Waals surface area contributed by atoms with Crippen LogP contribution in [0.1, 0.15) is 76.8 Å². The van der Waals surface area contributed by atoms with Crippen molar-refractivity contribution in [3.05, 3.63) is 29.3 Å². The first kappa shape index (κ1) is 23.1. The highest BCUT2D eigenvalue weighted by molar-refractivity contribution is 6.08. The van der Waals surface area contributed by atoms with E-state index in [0.29, 0.717) is 12.5 Å². The number of rotatable bonds is 7. The number of aryl methyl sites for hydroxylation is 1. The molecule has 1 saturated heterocycles. The maximum Gasteiger partial charge on any atom is 0.325 e. The van der Waals surface area contributed by atoms with Gasteiger partial charge in [0, 0.05) is 18.6 Å². The van der Waals surface area contributed by atoms with Gasteiger partial charge in [0.1, 0.15) is 5.75 Å². The summed E-state index contributed by atoms with van der Waals surface area (Å²) in [7, 11) is 1.75. The van der Waals surface area contributed by atoms with E-state index in [1.807, 2.05) is 39.0 Å². The lowest BCUT2D eigenvalue weighted by atomic mass is 9.59. The van der Waals surface area contributed by atoms with Gasteiger partial charge in [0.15, 0.2) is 5.54 Å². The number of nitrogens with one attached hydrogen (secondary N) is 1. The lowest BCUT2D eigenvalue weighted by Gasteiger charge is -2.49. The van der Waals surface area contributed by atoms with Crippen molar-refractivity contribution in [2.24, 2.45) is 11.3 Å². The van der Waals surface area contributed by atoms with E-state index in [1.54, 1.807) is 7.11 Å². The first-order valence-corrected chi connectivity index (χ1v) is 12.1. The summed E-state index contributed by atoms with van der Waals surface area (Å²) in [5, 5.41) is 3.20. The van der Waals surface area contributed by atoms with E-state index in [-0.39, 0.29) is 24.1 Å². The lowest BCUT2D eigenvalue weighted by molar-refractivity contribution is -0.140. The van der Waals surface area contributed by atoms with Gasteiger partial charge in [0.25, 0.3) is 5.91 Å². The molecule has 0 spiro atoms. The molecule has 3 aliphatic rings. The van der Waals surface area contributed by atoms with Crippen LogP contribution >= 0.6 is 0 Å². The third-order valence-corrected chi connectivity index (χ3v) is 8.17. The van der Waals surface area contributed by atoms with Crippen molar-refractivity contribution in [2.45, 2.75) is 90.3 Å². The number of imide groups is 1. The molecule has 1 heterocycles. The summed E-state index contributed by atoms with van der Waals surface area (Å²) in [6, 6.07) is 5.50. The number of nitrogens with zero attached hydrogens (tertiary/aromatic N) is 1. The molecule has 2 aliphatic carbocycles. The molecule has 2 saturated carbocycles. The molecule has 1 aromatic rings. The van der Waals surface area contributed by atoms with Gasteiger partial charge in [0.05, 0.1) is 12.7 Å². The SMILES string of the molecule is CO[C@H]1CC[C@](C)(C2(c3cc(OCC4CCC4)ccc3C)NC(=O)N(C(C)C)C2=O)CC1. The van der Waals surface area contributed by atoms with E-state index in [4.69, 9.17) is 9.47 Å². The van der Waals surface area contributed by atoms with Crippen molar-refractivity contribution in [3.8, 4) is 5.75 Å². The number of hydrogen-bond acceptors (Lipinski definition) is 4. The van der Waals surface area contributed by atoms with Crippen molar-refractivity contribution in [2.75, 3.05) is 13.7 Å². The Morgan fingerprint density at radius 1 is 1.16 bits per heavy atom. The Hall–Kier alpha value is -2.08. The normalized spacial score (nSPS) is 31.1. The molecule has 6 heteroatoms. The van der Waals surface area contributed by atoms with E-state index >= 15 is 0 Å². The molecular weight excluding hydrogens is 404 g/mol. The largest absolute Gasteiger partial charge is 0.493 e. The van der Waals surface area contributed by atoms with Crippen molar-refractivity contribution in [1.82, 2.24) is 10.2 Å². The Balaban J connectivity index is 1.77. The monoisotopic (exact) mass is 442 g/mol. The average molecular weight is 443 g/mol. The summed E-state index contributed by atoms with van der Waals surface area (Å²) in [6.45, 7) is 8.67. The van der Waals surface area contributed by atoms with Gasteiger partial charge in [-0.25, -0.2) is 4.79 Å². The van der Waals surface area contributed by atoms with Gasteiger partial charge in [-0.05, 0) is 88.5 Å². The number of carbonyl (C=O) groups is 2. The number of ether oxygens (including phenoxy) is 2. The highest BCUT2D eigenvalue weighted by Gasteiger charge is 2.63. The number of carbonyl (C=O) groups excluding carboxylic acids is 2. The van der Waals surface area contributed by atoms with Crippen molar-refractivity contribution in [3.63, 3.8) is 0 Å². The van der Waals surface area contributed by atoms with Crippen LogP contribution in [-0.2, 0) is 15.1 Å². The van der Waals surface area contributed by atoms with Crippen LogP contribution in [0.3, 0.4) is 0 Å². The van der Waals surface area contributed by atoms with Gasteiger partial charge in [-0.2, -0.15) is 0 Å². The third-order valence-electron chi connectivity index (χ3n) is 8.17. The fourth-order valence-corrected chi connectivity index (χ4v) is 5.74. The second-order valence-corrected chi connectivity index (χ2v) is 10.5. The minimum atomic E-state index is -1.10. The first-order valence-electron chi connectivity index (χ1n) is 12.1. The standard InChI is InChI=1S/C26H38N2O4/c1-17(2)28-23(29)26(27-24(28)30,25(4)13-11-20(31-5)12-14-25)22-15-21(10-9-18(22)3)32-16-19-7-6-8-19/h9-10,15,17,19-20H,6-8,11-14,16H2,1-5H3,(H,27,30)/t20-,25-,26?. The molecule has 1 unspecified atom stereocenters. The van der Waals surface area contributed by atoms with E-state index in [1.165, 1.54) is 24.2 Å². The highest BCUT2D eigenvalue weighted by atomic mass is 16.5. The van der Waals surface area contributed by atoms with Crippen LogP contribution in [-0.4, -0.2) is 42.7 Å². The Morgan fingerprint density at radius 3 is 2.38 bits per heavy atom. The van der Waals surface area contributed by atoms with Crippen molar-refractivity contribution < 1.29 is 19.1 Å². The van der Waals surface area contributed by atoms with Crippen LogP contribution in [0.25, 0.3) is 0 Å². The van der Waals surface area contributed by atoms with Gasteiger partial charge in [-0.1, -0.05) is 19.4 Å². The third kappa shape index (κ3) is 3.70. The summed E-state index contributed by atoms with van der Waals surface area (Å²) in [4.78, 5) is 28.6. The first-order chi connectivity index (χ1) is 15.2. The van der Waals surface area contributed by atoms with Crippen LogP contribution in [0.5, 0.6) is 5.75 Å². The topological polar surface area (TPSA) is 67.9 Å². The number of urea groups is 1. The zero-order chi connectivity index (χ0) is 23.1. The van der Waals surface area contributed by atoms with Gasteiger partial charge in [-0.3, -0.25) is 9.69 Å². The van der Waals surface area contributed by atoms with Crippen LogP contribution < -0.4 is 10.1 Å². The van der Waals surface area contributed by atoms with Gasteiger partial charge in [-0.15, -0.1) is 0 Å². The quantitative estimate of drug-likeness (QED) is 0.608. The molecular formula is C26H38N2O4. The summed E-state index contributed by atoms with van der Waals surface area (Å²) in [5.74, 6) is 1.26. The maximum atomic E-state index is 14.1. The molecule has 0 aromatic heterocycles. The molecule has 1 aromatic carbocycles. The van der Waals surface area contributed by atoms with Crippen LogP contribution in [0.4, 0.5) is 4.79 Å². The molecule has 3 fully saturated rings. The predicted octanol–water partition coefficient (Wildman–Crippen LogP) is 4.92. The fraction of sp³-hybridized carbons (Fsp3) is 0.692. The Kier molecular flexibility index (Phi) is 6.27. The average Bonchev–Trinajstić information content (AvgIpc) is 3.00. The second-order valence-electron chi connectivity index (χ2n) is 10.5. The smallest absolute Gasteiger partial charge is 0.325 e. The molecule has 4 rings (SSSR count). The second kappa shape index (κ2) is 8.69. The van der Waals surface area contributed by atoms with Gasteiger partial charge >= 0.3 is 6.03 Å². The van der Waals surface area contributed by atoms with E-state index < -0.39 is 11.0 Å². The van der Waals surface area contributed by atoms with Crippen molar-refractivity contribution in [1.29, 1.82) is 0 Å². The summed E-state index contributed by atoms with van der Waals surface area (Å²) < 4.78 is 11.7. The molecule has 1 N–H and O–H groups in total. The maximum absolute atomic E-state index is 14.1. The summed E-state index contributed by atoms with van der Waals surface area (Å²) >= 11 is 0. The molecule has 1 aliphatic heterocycles. The minimum Gasteiger partial charge on any atom is -0.493 e. The Morgan fingerprint density at radius 2 is 1.84 bits per heavy atom. The highest BCUT2D eigenvalue weighted by Crippen LogP contribution is 2.54. The number of benzene rings is 1. The van der Waals surface area contributed by atoms with E-state index in [2.05, 4.69) is 12.2 Å². The lowest BCUT2D eigenvalue weighted by Crippen LogP contribution is -2.58. The zero-order valence-electron chi connectivity index (χ0n) is 20.2. The summed E-state index contributed by atoms with van der Waals surface area (Å²) in [5.41, 5.74) is 0.335. The number of amides is 3. The fourth-order valence-electron chi connectivity index (χ4n) is 5.74. The molecule has 3 amide bonds. The molecule has 32 heavy (non-hydrogen) atoms. The van der Waals surface area contributed by atoms with E-state index in [0.717, 1.165) is 42.6 Å². The summed E-state index contributed by atoms with van der Waals surface area (Å²) in [6.07, 6.45) is 7.27. The van der Waals surface area contributed by atoms with Gasteiger partial charge in [0.2, 0.25) is 0 Å². The predicted molar refractivity (Wildman–Crippen MR) is 124 cm³/mol. The van der Waals surface area contributed by atoms with E-state index in [9.17, 15) is 9.59 Å². The van der Waals surface area contributed by atoms with Crippen LogP contribution in [0.15, 0.2) is 18.2 Å². The molecule has 176 valence electrons. The molecule has 1 atom stereocenters. The number of hydrogen-bond donors (Lipinski definition) is 1. The number of methoxy groups -OCH3 is 1.